The molecule has 1 aliphatic heterocycles. The molecule has 0 bridgehead atoms. The summed E-state index contributed by atoms with van der Waals surface area (Å²) < 4.78 is 0. The molecular formula is C13H16ClN3O2S. The highest BCUT2D eigenvalue weighted by molar-refractivity contribution is 7.99. The number of carbonyl (C=O) groups excluding carboxylic acids is 2. The monoisotopic (exact) mass is 313 g/mol. The van der Waals surface area contributed by atoms with Crippen molar-refractivity contribution in [2.75, 3.05) is 37.0 Å². The van der Waals surface area contributed by atoms with Crippen molar-refractivity contribution in [2.45, 2.75) is 0 Å². The lowest BCUT2D eigenvalue weighted by Crippen LogP contribution is -2.40. The maximum Gasteiger partial charge on any atom is 0.321 e. The molecule has 2 rings (SSSR count). The molecule has 108 valence electrons. The van der Waals surface area contributed by atoms with Crippen molar-refractivity contribution < 1.29 is 9.59 Å². The Morgan fingerprint density at radius 2 is 2.00 bits per heavy atom. The van der Waals surface area contributed by atoms with Crippen molar-refractivity contribution in [3.8, 4) is 0 Å². The molecule has 0 radical (unpaired) electrons. The van der Waals surface area contributed by atoms with Gasteiger partial charge in [0.05, 0.1) is 10.7 Å². The molecule has 20 heavy (non-hydrogen) atoms. The van der Waals surface area contributed by atoms with E-state index in [1.54, 1.807) is 30.1 Å². The van der Waals surface area contributed by atoms with Crippen molar-refractivity contribution in [3.05, 3.63) is 28.8 Å². The Bertz CT molecular complexity index is 518. The predicted molar refractivity (Wildman–Crippen MR) is 82.8 cm³/mol. The number of urea groups is 1. The van der Waals surface area contributed by atoms with Crippen LogP contribution in [0.15, 0.2) is 18.2 Å². The Morgan fingerprint density at radius 3 is 2.65 bits per heavy atom. The lowest BCUT2D eigenvalue weighted by atomic mass is 10.2. The van der Waals surface area contributed by atoms with E-state index in [1.807, 2.05) is 11.8 Å². The topological polar surface area (TPSA) is 61.4 Å². The van der Waals surface area contributed by atoms with Crippen molar-refractivity contribution >= 4 is 41.0 Å². The summed E-state index contributed by atoms with van der Waals surface area (Å²) in [6, 6.07) is 4.63. The highest BCUT2D eigenvalue weighted by atomic mass is 35.5. The first-order valence-corrected chi connectivity index (χ1v) is 7.80. The molecule has 0 saturated carbocycles. The average molecular weight is 314 g/mol. The number of thioether (sulfide) groups is 1. The van der Waals surface area contributed by atoms with Crippen LogP contribution in [0.25, 0.3) is 0 Å². The van der Waals surface area contributed by atoms with E-state index in [4.69, 9.17) is 11.6 Å². The fourth-order valence-electron chi connectivity index (χ4n) is 1.87. The van der Waals surface area contributed by atoms with E-state index in [9.17, 15) is 9.59 Å². The maximum absolute atomic E-state index is 12.1. The SMILES string of the molecule is CNC(=O)c1ccc(Cl)c(NC(=O)N2CCSCC2)c1. The number of hydrogen-bond donors (Lipinski definition) is 2. The summed E-state index contributed by atoms with van der Waals surface area (Å²) in [5.74, 6) is 1.67. The molecule has 1 heterocycles. The van der Waals surface area contributed by atoms with Gasteiger partial charge in [-0.1, -0.05) is 11.6 Å². The van der Waals surface area contributed by atoms with Gasteiger partial charge in [0.2, 0.25) is 0 Å². The van der Waals surface area contributed by atoms with Gasteiger partial charge in [0, 0.05) is 37.2 Å². The fraction of sp³-hybridized carbons (Fsp3) is 0.385. The summed E-state index contributed by atoms with van der Waals surface area (Å²) in [6.45, 7) is 1.45. The van der Waals surface area contributed by atoms with E-state index in [1.165, 1.54) is 0 Å². The van der Waals surface area contributed by atoms with Crippen molar-refractivity contribution in [1.29, 1.82) is 0 Å². The van der Waals surface area contributed by atoms with Crippen LogP contribution < -0.4 is 10.6 Å². The number of hydrogen-bond acceptors (Lipinski definition) is 3. The van der Waals surface area contributed by atoms with E-state index in [0.29, 0.717) is 16.3 Å². The van der Waals surface area contributed by atoms with Gasteiger partial charge in [-0.15, -0.1) is 0 Å². The Hall–Kier alpha value is -1.40. The molecule has 0 aromatic heterocycles. The lowest BCUT2D eigenvalue weighted by molar-refractivity contribution is 0.0963. The second-order valence-corrected chi connectivity index (χ2v) is 5.94. The van der Waals surface area contributed by atoms with Crippen LogP contribution in [0.1, 0.15) is 10.4 Å². The molecule has 3 amide bonds. The second kappa shape index (κ2) is 6.85. The molecule has 0 spiro atoms. The normalized spacial score (nSPS) is 14.8. The Balaban J connectivity index is 2.11. The number of amides is 3. The summed E-state index contributed by atoms with van der Waals surface area (Å²) in [5, 5.41) is 5.72. The standard InChI is InChI=1S/C13H16ClN3O2S/c1-15-12(18)9-2-3-10(14)11(8-9)16-13(19)17-4-6-20-7-5-17/h2-3,8H,4-7H2,1H3,(H,15,18)(H,16,19). The molecule has 0 unspecified atom stereocenters. The van der Waals surface area contributed by atoms with Crippen LogP contribution in [0.4, 0.5) is 10.5 Å². The Kier molecular flexibility index (Phi) is 5.14. The highest BCUT2D eigenvalue weighted by Gasteiger charge is 2.18. The minimum absolute atomic E-state index is 0.179. The van der Waals surface area contributed by atoms with Crippen LogP contribution in [0.5, 0.6) is 0 Å². The molecule has 1 aromatic carbocycles. The Labute approximate surface area is 127 Å². The number of nitrogens with one attached hydrogen (secondary N) is 2. The van der Waals surface area contributed by atoms with Gasteiger partial charge in [0.25, 0.3) is 5.91 Å². The summed E-state index contributed by atoms with van der Waals surface area (Å²) in [6.07, 6.45) is 0. The third-order valence-electron chi connectivity index (χ3n) is 3.00. The fourth-order valence-corrected chi connectivity index (χ4v) is 2.94. The number of halogens is 1. The predicted octanol–water partition coefficient (Wildman–Crippen LogP) is 2.28. The van der Waals surface area contributed by atoms with E-state index in [2.05, 4.69) is 10.6 Å². The van der Waals surface area contributed by atoms with Crippen LogP contribution in [0, 0.1) is 0 Å². The summed E-state index contributed by atoms with van der Waals surface area (Å²) in [4.78, 5) is 25.5. The van der Waals surface area contributed by atoms with Gasteiger partial charge < -0.3 is 15.5 Å². The van der Waals surface area contributed by atoms with E-state index >= 15 is 0 Å². The van der Waals surface area contributed by atoms with Crippen LogP contribution in [0.2, 0.25) is 5.02 Å². The van der Waals surface area contributed by atoms with Crippen LogP contribution in [-0.4, -0.2) is 48.5 Å². The van der Waals surface area contributed by atoms with Gasteiger partial charge in [-0.3, -0.25) is 4.79 Å². The number of benzene rings is 1. The van der Waals surface area contributed by atoms with Crippen LogP contribution in [0.3, 0.4) is 0 Å². The molecule has 1 aliphatic rings. The van der Waals surface area contributed by atoms with Gasteiger partial charge in [-0.05, 0) is 18.2 Å². The first kappa shape index (κ1) is 15.0. The first-order chi connectivity index (χ1) is 9.61. The molecular weight excluding hydrogens is 298 g/mol. The molecule has 0 atom stereocenters. The zero-order valence-corrected chi connectivity index (χ0v) is 12.7. The van der Waals surface area contributed by atoms with Gasteiger partial charge in [0.1, 0.15) is 0 Å². The third-order valence-corrected chi connectivity index (χ3v) is 4.27. The smallest absolute Gasteiger partial charge is 0.321 e. The molecule has 1 aromatic rings. The zero-order valence-electron chi connectivity index (χ0n) is 11.1. The second-order valence-electron chi connectivity index (χ2n) is 4.30. The maximum atomic E-state index is 12.1. The first-order valence-electron chi connectivity index (χ1n) is 6.27. The van der Waals surface area contributed by atoms with Gasteiger partial charge in [-0.25, -0.2) is 4.79 Å². The molecule has 1 saturated heterocycles. The minimum atomic E-state index is -0.216. The van der Waals surface area contributed by atoms with Crippen molar-refractivity contribution in [2.24, 2.45) is 0 Å². The molecule has 7 heteroatoms. The number of carbonyl (C=O) groups is 2. The average Bonchev–Trinajstić information content (AvgIpc) is 2.49. The van der Waals surface area contributed by atoms with E-state index < -0.39 is 0 Å². The van der Waals surface area contributed by atoms with Gasteiger partial charge in [0.15, 0.2) is 0 Å². The molecule has 2 N–H and O–H groups in total. The van der Waals surface area contributed by atoms with Gasteiger partial charge >= 0.3 is 6.03 Å². The van der Waals surface area contributed by atoms with Crippen molar-refractivity contribution in [1.82, 2.24) is 10.2 Å². The highest BCUT2D eigenvalue weighted by Crippen LogP contribution is 2.24. The lowest BCUT2D eigenvalue weighted by Gasteiger charge is -2.26. The number of rotatable bonds is 2. The van der Waals surface area contributed by atoms with Crippen LogP contribution in [-0.2, 0) is 0 Å². The van der Waals surface area contributed by atoms with Gasteiger partial charge in [-0.2, -0.15) is 11.8 Å². The van der Waals surface area contributed by atoms with Crippen molar-refractivity contribution in [3.63, 3.8) is 0 Å². The quantitative estimate of drug-likeness (QED) is 0.880. The zero-order chi connectivity index (χ0) is 14.5. The summed E-state index contributed by atoms with van der Waals surface area (Å²) in [5.41, 5.74) is 0.914. The molecule has 1 fully saturated rings. The summed E-state index contributed by atoms with van der Waals surface area (Å²) >= 11 is 7.89. The molecule has 0 aliphatic carbocycles. The number of nitrogens with zero attached hydrogens (tertiary/aromatic N) is 1. The Morgan fingerprint density at radius 1 is 1.30 bits per heavy atom. The number of anilines is 1. The third kappa shape index (κ3) is 3.58. The van der Waals surface area contributed by atoms with E-state index in [0.717, 1.165) is 24.6 Å². The minimum Gasteiger partial charge on any atom is -0.355 e. The molecule has 5 nitrogen and oxygen atoms in total. The largest absolute Gasteiger partial charge is 0.355 e. The summed E-state index contributed by atoms with van der Waals surface area (Å²) in [7, 11) is 1.56. The van der Waals surface area contributed by atoms with E-state index in [-0.39, 0.29) is 11.9 Å². The van der Waals surface area contributed by atoms with Crippen LogP contribution >= 0.6 is 23.4 Å².